The van der Waals surface area contributed by atoms with Crippen LogP contribution in [0.4, 0.5) is 0 Å². The average Bonchev–Trinajstić information content (AvgIpc) is 3.15. The molecule has 0 radical (unpaired) electrons. The summed E-state index contributed by atoms with van der Waals surface area (Å²) < 4.78 is 1.93. The highest BCUT2D eigenvalue weighted by Crippen LogP contribution is 2.32. The molecular formula is C13H14N6S. The predicted molar refractivity (Wildman–Crippen MR) is 73.8 cm³/mol. The molecule has 0 aromatic carbocycles. The van der Waals surface area contributed by atoms with Crippen LogP contribution in [0.1, 0.15) is 43.0 Å². The van der Waals surface area contributed by atoms with E-state index in [1.807, 2.05) is 16.8 Å². The van der Waals surface area contributed by atoms with Crippen molar-refractivity contribution < 1.29 is 0 Å². The second-order valence-electron chi connectivity index (χ2n) is 4.76. The molecule has 0 unspecified atom stereocenters. The van der Waals surface area contributed by atoms with Gasteiger partial charge in [-0.25, -0.2) is 9.67 Å². The Morgan fingerprint density at radius 2 is 2.25 bits per heavy atom. The Labute approximate surface area is 121 Å². The molecule has 7 heteroatoms. The minimum Gasteiger partial charge on any atom is -0.245 e. The molecule has 0 aliphatic heterocycles. The van der Waals surface area contributed by atoms with Gasteiger partial charge in [0.15, 0.2) is 0 Å². The number of rotatable bonds is 4. The van der Waals surface area contributed by atoms with Crippen molar-refractivity contribution in [3.05, 3.63) is 29.6 Å². The normalized spacial score (nSPS) is 15.3. The molecule has 0 spiro atoms. The van der Waals surface area contributed by atoms with Crippen molar-refractivity contribution in [2.24, 2.45) is 0 Å². The van der Waals surface area contributed by atoms with Crippen molar-refractivity contribution in [2.45, 2.75) is 42.6 Å². The third-order valence-electron chi connectivity index (χ3n) is 3.49. The third-order valence-corrected chi connectivity index (χ3v) is 4.47. The van der Waals surface area contributed by atoms with Gasteiger partial charge in [-0.2, -0.15) is 5.26 Å². The standard InChI is InChI=1S/C13H14N6S/c14-8-12-10(4-3-7-15-12)9-20-13-16-17-18-19(13)11-5-1-2-6-11/h3-4,7,11H,1-2,5-6,9H2. The van der Waals surface area contributed by atoms with Gasteiger partial charge in [-0.15, -0.1) is 5.10 Å². The minimum atomic E-state index is 0.428. The zero-order chi connectivity index (χ0) is 13.8. The van der Waals surface area contributed by atoms with Gasteiger partial charge in [0.1, 0.15) is 11.8 Å². The summed E-state index contributed by atoms with van der Waals surface area (Å²) in [6.07, 6.45) is 6.42. The summed E-state index contributed by atoms with van der Waals surface area (Å²) >= 11 is 1.56. The smallest absolute Gasteiger partial charge is 0.209 e. The lowest BCUT2D eigenvalue weighted by Crippen LogP contribution is -2.08. The molecule has 6 nitrogen and oxygen atoms in total. The van der Waals surface area contributed by atoms with Crippen LogP contribution >= 0.6 is 11.8 Å². The van der Waals surface area contributed by atoms with Gasteiger partial charge in [-0.3, -0.25) is 0 Å². The van der Waals surface area contributed by atoms with E-state index < -0.39 is 0 Å². The Morgan fingerprint density at radius 1 is 1.40 bits per heavy atom. The second kappa shape index (κ2) is 6.01. The molecule has 0 amide bonds. The van der Waals surface area contributed by atoms with Crippen LogP contribution in [-0.4, -0.2) is 25.2 Å². The molecule has 2 heterocycles. The molecule has 0 saturated heterocycles. The highest BCUT2D eigenvalue weighted by Gasteiger charge is 2.21. The van der Waals surface area contributed by atoms with Crippen molar-refractivity contribution in [1.82, 2.24) is 25.2 Å². The number of tetrazole rings is 1. The number of hydrogen-bond donors (Lipinski definition) is 0. The topological polar surface area (TPSA) is 80.3 Å². The van der Waals surface area contributed by atoms with Gasteiger partial charge in [-0.1, -0.05) is 30.7 Å². The van der Waals surface area contributed by atoms with E-state index in [1.54, 1.807) is 18.0 Å². The monoisotopic (exact) mass is 286 g/mol. The van der Waals surface area contributed by atoms with Gasteiger partial charge in [0.25, 0.3) is 0 Å². The van der Waals surface area contributed by atoms with E-state index in [1.165, 1.54) is 12.8 Å². The molecule has 0 N–H and O–H groups in total. The lowest BCUT2D eigenvalue weighted by molar-refractivity contribution is 0.423. The summed E-state index contributed by atoms with van der Waals surface area (Å²) in [6.45, 7) is 0. The van der Waals surface area contributed by atoms with E-state index in [-0.39, 0.29) is 0 Å². The molecule has 0 atom stereocenters. The van der Waals surface area contributed by atoms with E-state index in [0.717, 1.165) is 23.6 Å². The fourth-order valence-corrected chi connectivity index (χ4v) is 3.39. The number of nitrogens with zero attached hydrogens (tertiary/aromatic N) is 6. The Balaban J connectivity index is 1.73. The molecule has 1 aliphatic rings. The van der Waals surface area contributed by atoms with Crippen LogP contribution in [0.2, 0.25) is 0 Å². The molecule has 1 aliphatic carbocycles. The van der Waals surface area contributed by atoms with Gasteiger partial charge in [-0.05, 0) is 34.9 Å². The maximum absolute atomic E-state index is 9.04. The largest absolute Gasteiger partial charge is 0.245 e. The van der Waals surface area contributed by atoms with Crippen molar-refractivity contribution in [3.8, 4) is 6.07 Å². The number of aromatic nitrogens is 5. The van der Waals surface area contributed by atoms with Crippen LogP contribution in [0, 0.1) is 11.3 Å². The first-order valence-electron chi connectivity index (χ1n) is 6.63. The summed E-state index contributed by atoms with van der Waals surface area (Å²) in [5, 5.41) is 21.8. The molecule has 20 heavy (non-hydrogen) atoms. The maximum atomic E-state index is 9.04. The van der Waals surface area contributed by atoms with Gasteiger partial charge in [0, 0.05) is 11.9 Å². The molecule has 102 valence electrons. The van der Waals surface area contributed by atoms with Crippen LogP contribution in [0.3, 0.4) is 0 Å². The summed E-state index contributed by atoms with van der Waals surface area (Å²) in [5.41, 5.74) is 1.39. The molecule has 2 aromatic heterocycles. The summed E-state index contributed by atoms with van der Waals surface area (Å²) in [7, 11) is 0. The molecule has 1 saturated carbocycles. The number of pyridine rings is 1. The zero-order valence-corrected chi connectivity index (χ0v) is 11.8. The van der Waals surface area contributed by atoms with Gasteiger partial charge in [0.2, 0.25) is 5.16 Å². The van der Waals surface area contributed by atoms with E-state index in [9.17, 15) is 0 Å². The van der Waals surface area contributed by atoms with E-state index in [0.29, 0.717) is 17.5 Å². The lowest BCUT2D eigenvalue weighted by atomic mass is 10.2. The summed E-state index contributed by atoms with van der Waals surface area (Å²) in [5.74, 6) is 0.657. The fraction of sp³-hybridized carbons (Fsp3) is 0.462. The van der Waals surface area contributed by atoms with Crippen LogP contribution in [0.5, 0.6) is 0 Å². The SMILES string of the molecule is N#Cc1ncccc1CSc1nnnn1C1CCCC1. The zero-order valence-electron chi connectivity index (χ0n) is 10.9. The number of thioether (sulfide) groups is 1. The van der Waals surface area contributed by atoms with E-state index in [4.69, 9.17) is 5.26 Å². The Kier molecular flexibility index (Phi) is 3.92. The Bertz CT molecular complexity index is 626. The van der Waals surface area contributed by atoms with Crippen LogP contribution < -0.4 is 0 Å². The molecule has 0 bridgehead atoms. The first-order chi connectivity index (χ1) is 9.88. The first kappa shape index (κ1) is 13.1. The molecule has 2 aromatic rings. The predicted octanol–water partition coefficient (Wildman–Crippen LogP) is 2.35. The minimum absolute atomic E-state index is 0.428. The molecule has 1 fully saturated rings. The maximum Gasteiger partial charge on any atom is 0.209 e. The lowest BCUT2D eigenvalue weighted by Gasteiger charge is -2.10. The van der Waals surface area contributed by atoms with Crippen molar-refractivity contribution in [3.63, 3.8) is 0 Å². The van der Waals surface area contributed by atoms with Crippen LogP contribution in [0.15, 0.2) is 23.5 Å². The van der Waals surface area contributed by atoms with Gasteiger partial charge >= 0.3 is 0 Å². The van der Waals surface area contributed by atoms with Gasteiger partial charge in [0.05, 0.1) is 6.04 Å². The first-order valence-corrected chi connectivity index (χ1v) is 7.61. The quantitative estimate of drug-likeness (QED) is 0.803. The fourth-order valence-electron chi connectivity index (χ4n) is 2.46. The van der Waals surface area contributed by atoms with Crippen molar-refractivity contribution >= 4 is 11.8 Å². The van der Waals surface area contributed by atoms with E-state index >= 15 is 0 Å². The Morgan fingerprint density at radius 3 is 3.05 bits per heavy atom. The highest BCUT2D eigenvalue weighted by molar-refractivity contribution is 7.98. The van der Waals surface area contributed by atoms with Crippen molar-refractivity contribution in [1.29, 1.82) is 5.26 Å². The number of hydrogen-bond acceptors (Lipinski definition) is 6. The van der Waals surface area contributed by atoms with E-state index in [2.05, 4.69) is 26.6 Å². The average molecular weight is 286 g/mol. The summed E-state index contributed by atoms with van der Waals surface area (Å²) in [6, 6.07) is 6.30. The van der Waals surface area contributed by atoms with Crippen LogP contribution in [-0.2, 0) is 5.75 Å². The van der Waals surface area contributed by atoms with Crippen LogP contribution in [0.25, 0.3) is 0 Å². The Hall–Kier alpha value is -1.94. The second-order valence-corrected chi connectivity index (χ2v) is 5.70. The molecule has 3 rings (SSSR count). The highest BCUT2D eigenvalue weighted by atomic mass is 32.2. The number of nitriles is 1. The van der Waals surface area contributed by atoms with Gasteiger partial charge < -0.3 is 0 Å². The van der Waals surface area contributed by atoms with Crippen molar-refractivity contribution in [2.75, 3.05) is 0 Å². The third kappa shape index (κ3) is 2.65. The summed E-state index contributed by atoms with van der Waals surface area (Å²) in [4.78, 5) is 4.06. The molecular weight excluding hydrogens is 272 g/mol.